The van der Waals surface area contributed by atoms with Crippen LogP contribution in [0, 0.1) is 13.8 Å². The molecule has 0 aliphatic carbocycles. The van der Waals surface area contributed by atoms with E-state index in [-0.39, 0.29) is 6.61 Å². The first-order valence-electron chi connectivity index (χ1n) is 6.07. The maximum absolute atomic E-state index is 8.92. The topological polar surface area (TPSA) is 25.2 Å². The summed E-state index contributed by atoms with van der Waals surface area (Å²) in [5, 5.41) is 8.92. The molecule has 2 rings (SSSR count). The lowest BCUT2D eigenvalue weighted by molar-refractivity contribution is 0.279. The molecule has 0 bridgehead atoms. The molecule has 90 valence electrons. The summed E-state index contributed by atoms with van der Waals surface area (Å²) in [6.07, 6.45) is 0.810. The van der Waals surface area contributed by atoms with Crippen molar-refractivity contribution in [2.24, 2.45) is 0 Å². The Labute approximate surface area is 103 Å². The molecule has 0 saturated carbocycles. The van der Waals surface area contributed by atoms with Gasteiger partial charge in [0.05, 0.1) is 0 Å². The molecule has 2 heteroatoms. The minimum atomic E-state index is 0.248. The molecule has 0 radical (unpaired) electrons. The first-order valence-corrected chi connectivity index (χ1v) is 6.07. The van der Waals surface area contributed by atoms with E-state index in [1.807, 2.05) is 6.07 Å². The molecular weight excluding hydrogens is 210 g/mol. The predicted octanol–water partition coefficient (Wildman–Crippen LogP) is 3.15. The number of aliphatic hydroxyl groups is 1. The van der Waals surface area contributed by atoms with Crippen LogP contribution in [0.2, 0.25) is 0 Å². The smallest absolute Gasteiger partial charge is 0.0448 e. The van der Waals surface area contributed by atoms with E-state index in [2.05, 4.69) is 48.7 Å². The standard InChI is InChI=1S/C15H19NO/c1-12-11-15(14-7-4-3-5-8-14)13(2)16(12)9-6-10-17/h3-5,7-8,11,17H,6,9-10H2,1-2H3. The van der Waals surface area contributed by atoms with Crippen molar-refractivity contribution in [3.05, 3.63) is 47.8 Å². The molecule has 0 saturated heterocycles. The van der Waals surface area contributed by atoms with Gasteiger partial charge in [-0.05, 0) is 31.9 Å². The fourth-order valence-corrected chi connectivity index (χ4v) is 2.28. The number of aryl methyl sites for hydroxylation is 1. The van der Waals surface area contributed by atoms with Crippen LogP contribution in [0.5, 0.6) is 0 Å². The third kappa shape index (κ3) is 2.42. The highest BCUT2D eigenvalue weighted by Gasteiger charge is 2.09. The van der Waals surface area contributed by atoms with Gasteiger partial charge >= 0.3 is 0 Å². The highest BCUT2D eigenvalue weighted by atomic mass is 16.3. The van der Waals surface area contributed by atoms with Crippen LogP contribution >= 0.6 is 0 Å². The summed E-state index contributed by atoms with van der Waals surface area (Å²) >= 11 is 0. The van der Waals surface area contributed by atoms with Gasteiger partial charge in [-0.2, -0.15) is 0 Å². The van der Waals surface area contributed by atoms with Crippen LogP contribution in [0.1, 0.15) is 17.8 Å². The number of rotatable bonds is 4. The molecule has 2 nitrogen and oxygen atoms in total. The van der Waals surface area contributed by atoms with Gasteiger partial charge in [0.2, 0.25) is 0 Å². The molecule has 0 aliphatic heterocycles. The van der Waals surface area contributed by atoms with Crippen molar-refractivity contribution in [2.75, 3.05) is 6.61 Å². The molecule has 0 unspecified atom stereocenters. The number of hydrogen-bond acceptors (Lipinski definition) is 1. The van der Waals surface area contributed by atoms with Gasteiger partial charge in [0.25, 0.3) is 0 Å². The Morgan fingerprint density at radius 1 is 1.12 bits per heavy atom. The van der Waals surface area contributed by atoms with Crippen molar-refractivity contribution in [1.82, 2.24) is 4.57 Å². The van der Waals surface area contributed by atoms with Gasteiger partial charge in [0.1, 0.15) is 0 Å². The van der Waals surface area contributed by atoms with E-state index in [1.165, 1.54) is 22.5 Å². The molecule has 2 aromatic rings. The summed E-state index contributed by atoms with van der Waals surface area (Å²) in [6.45, 7) is 5.41. The molecule has 0 amide bonds. The van der Waals surface area contributed by atoms with E-state index < -0.39 is 0 Å². The summed E-state index contributed by atoms with van der Waals surface area (Å²) in [5.74, 6) is 0. The average Bonchev–Trinajstić information content (AvgIpc) is 2.64. The lowest BCUT2D eigenvalue weighted by Gasteiger charge is -2.08. The van der Waals surface area contributed by atoms with E-state index in [4.69, 9.17) is 5.11 Å². The molecule has 17 heavy (non-hydrogen) atoms. The Hall–Kier alpha value is -1.54. The van der Waals surface area contributed by atoms with Gasteiger partial charge in [-0.15, -0.1) is 0 Å². The average molecular weight is 229 g/mol. The summed E-state index contributed by atoms with van der Waals surface area (Å²) in [5.41, 5.74) is 5.09. The zero-order chi connectivity index (χ0) is 12.3. The fraction of sp³-hybridized carbons (Fsp3) is 0.333. The van der Waals surface area contributed by atoms with E-state index in [9.17, 15) is 0 Å². The Kier molecular flexibility index (Phi) is 3.64. The van der Waals surface area contributed by atoms with Crippen LogP contribution in [-0.2, 0) is 6.54 Å². The second kappa shape index (κ2) is 5.19. The maximum atomic E-state index is 8.92. The molecular formula is C15H19NO. The number of hydrogen-bond donors (Lipinski definition) is 1. The predicted molar refractivity (Wildman–Crippen MR) is 71.0 cm³/mol. The van der Waals surface area contributed by atoms with Crippen LogP contribution < -0.4 is 0 Å². The van der Waals surface area contributed by atoms with Crippen molar-refractivity contribution in [1.29, 1.82) is 0 Å². The van der Waals surface area contributed by atoms with Crippen molar-refractivity contribution in [3.63, 3.8) is 0 Å². The second-order valence-corrected chi connectivity index (χ2v) is 4.38. The lowest BCUT2D eigenvalue weighted by Crippen LogP contribution is -2.03. The van der Waals surface area contributed by atoms with Crippen LogP contribution in [0.4, 0.5) is 0 Å². The van der Waals surface area contributed by atoms with E-state index >= 15 is 0 Å². The highest BCUT2D eigenvalue weighted by Crippen LogP contribution is 2.26. The molecule has 1 aromatic heterocycles. The third-order valence-corrected chi connectivity index (χ3v) is 3.20. The molecule has 1 heterocycles. The molecule has 0 fully saturated rings. The van der Waals surface area contributed by atoms with E-state index in [0.29, 0.717) is 0 Å². The highest BCUT2D eigenvalue weighted by molar-refractivity contribution is 5.67. The normalized spacial score (nSPS) is 10.8. The number of aliphatic hydroxyl groups excluding tert-OH is 1. The van der Waals surface area contributed by atoms with Crippen molar-refractivity contribution in [3.8, 4) is 11.1 Å². The van der Waals surface area contributed by atoms with Crippen molar-refractivity contribution in [2.45, 2.75) is 26.8 Å². The Balaban J connectivity index is 2.37. The first kappa shape index (κ1) is 11.9. The van der Waals surface area contributed by atoms with E-state index in [0.717, 1.165) is 13.0 Å². The Morgan fingerprint density at radius 2 is 1.82 bits per heavy atom. The molecule has 1 N–H and O–H groups in total. The van der Waals surface area contributed by atoms with Gasteiger partial charge in [-0.25, -0.2) is 0 Å². The van der Waals surface area contributed by atoms with Crippen LogP contribution in [0.25, 0.3) is 11.1 Å². The van der Waals surface area contributed by atoms with Gasteiger partial charge in [0.15, 0.2) is 0 Å². The summed E-state index contributed by atoms with van der Waals surface area (Å²) < 4.78 is 2.28. The van der Waals surface area contributed by atoms with Gasteiger partial charge < -0.3 is 9.67 Å². The molecule has 0 aliphatic rings. The van der Waals surface area contributed by atoms with Crippen LogP contribution in [0.3, 0.4) is 0 Å². The van der Waals surface area contributed by atoms with Crippen molar-refractivity contribution < 1.29 is 5.11 Å². The molecule has 1 aromatic carbocycles. The summed E-state index contributed by atoms with van der Waals surface area (Å²) in [4.78, 5) is 0. The monoisotopic (exact) mass is 229 g/mol. The largest absolute Gasteiger partial charge is 0.396 e. The van der Waals surface area contributed by atoms with Crippen molar-refractivity contribution >= 4 is 0 Å². The van der Waals surface area contributed by atoms with Gasteiger partial charge in [-0.3, -0.25) is 0 Å². The Bertz CT molecular complexity index is 485. The number of aromatic nitrogens is 1. The van der Waals surface area contributed by atoms with E-state index in [1.54, 1.807) is 0 Å². The quantitative estimate of drug-likeness (QED) is 0.856. The zero-order valence-electron chi connectivity index (χ0n) is 10.5. The van der Waals surface area contributed by atoms with Crippen LogP contribution in [-0.4, -0.2) is 16.3 Å². The number of nitrogens with zero attached hydrogens (tertiary/aromatic N) is 1. The fourth-order valence-electron chi connectivity index (χ4n) is 2.28. The first-order chi connectivity index (χ1) is 8.24. The second-order valence-electron chi connectivity index (χ2n) is 4.38. The minimum absolute atomic E-state index is 0.248. The Morgan fingerprint density at radius 3 is 2.47 bits per heavy atom. The lowest BCUT2D eigenvalue weighted by atomic mass is 10.1. The minimum Gasteiger partial charge on any atom is -0.396 e. The van der Waals surface area contributed by atoms with Crippen LogP contribution in [0.15, 0.2) is 36.4 Å². The van der Waals surface area contributed by atoms with Gasteiger partial charge in [-0.1, -0.05) is 30.3 Å². The summed E-state index contributed by atoms with van der Waals surface area (Å²) in [7, 11) is 0. The number of benzene rings is 1. The third-order valence-electron chi connectivity index (χ3n) is 3.20. The summed E-state index contributed by atoms with van der Waals surface area (Å²) in [6, 6.07) is 12.7. The molecule has 0 atom stereocenters. The zero-order valence-corrected chi connectivity index (χ0v) is 10.5. The molecule has 0 spiro atoms. The SMILES string of the molecule is Cc1cc(-c2ccccc2)c(C)n1CCCO. The maximum Gasteiger partial charge on any atom is 0.0448 e. The van der Waals surface area contributed by atoms with Gasteiger partial charge in [0, 0.05) is 30.1 Å².